The van der Waals surface area contributed by atoms with Crippen molar-refractivity contribution >= 4 is 34.3 Å². The zero-order valence-electron chi connectivity index (χ0n) is 18.2. The van der Waals surface area contributed by atoms with Gasteiger partial charge < -0.3 is 14.1 Å². The van der Waals surface area contributed by atoms with Crippen molar-refractivity contribution in [3.8, 4) is 0 Å². The first-order valence-corrected chi connectivity index (χ1v) is 10.2. The molecule has 3 rings (SSSR count). The Balaban J connectivity index is 1.71. The Kier molecular flexibility index (Phi) is 6.87. The average Bonchev–Trinajstić information content (AvgIpc) is 3.03. The molecule has 1 unspecified atom stereocenters. The van der Waals surface area contributed by atoms with Gasteiger partial charge in [0.1, 0.15) is 17.9 Å². The van der Waals surface area contributed by atoms with E-state index in [0.717, 1.165) is 15.8 Å². The van der Waals surface area contributed by atoms with Crippen molar-refractivity contribution in [1.82, 2.24) is 0 Å². The van der Waals surface area contributed by atoms with Crippen LogP contribution < -0.4 is 10.2 Å². The quantitative estimate of drug-likeness (QED) is 0.430. The van der Waals surface area contributed by atoms with Gasteiger partial charge in [-0.15, -0.1) is 0 Å². The van der Waals surface area contributed by atoms with Gasteiger partial charge in [0.25, 0.3) is 5.91 Å². The first-order valence-electron chi connectivity index (χ1n) is 10.2. The molecule has 0 saturated heterocycles. The van der Waals surface area contributed by atoms with E-state index in [1.807, 2.05) is 19.2 Å². The molecular formula is C24H27N2O5+. The zero-order chi connectivity index (χ0) is 22.5. The molecule has 1 aromatic heterocycles. The van der Waals surface area contributed by atoms with Crippen LogP contribution >= 0.6 is 0 Å². The van der Waals surface area contributed by atoms with Gasteiger partial charge >= 0.3 is 5.97 Å². The minimum absolute atomic E-state index is 0.0348. The fourth-order valence-corrected chi connectivity index (χ4v) is 3.66. The number of quaternary nitrogens is 1. The summed E-state index contributed by atoms with van der Waals surface area (Å²) in [5, 5.41) is 4.95. The second-order valence-electron chi connectivity index (χ2n) is 7.55. The number of rotatable bonds is 8. The Morgan fingerprint density at radius 2 is 1.77 bits per heavy atom. The first-order chi connectivity index (χ1) is 14.8. The number of benzene rings is 2. The number of carbonyl (C=O) groups excluding carboxylic acids is 3. The molecule has 3 aromatic rings. The molecule has 162 valence electrons. The lowest BCUT2D eigenvalue weighted by molar-refractivity contribution is -0.885. The summed E-state index contributed by atoms with van der Waals surface area (Å²) in [7, 11) is 1.91. The minimum atomic E-state index is -0.697. The molecule has 0 aliphatic heterocycles. The predicted octanol–water partition coefficient (Wildman–Crippen LogP) is 2.77. The molecular weight excluding hydrogens is 396 g/mol. The van der Waals surface area contributed by atoms with Crippen LogP contribution in [0.15, 0.2) is 46.9 Å². The van der Waals surface area contributed by atoms with Crippen molar-refractivity contribution in [2.45, 2.75) is 27.3 Å². The second kappa shape index (κ2) is 9.57. The number of furan rings is 1. The number of carbonyl (C=O) groups is 3. The molecule has 2 N–H and O–H groups in total. The van der Waals surface area contributed by atoms with E-state index >= 15 is 0 Å². The highest BCUT2D eigenvalue weighted by Gasteiger charge is 2.29. The molecule has 7 nitrogen and oxygen atoms in total. The lowest BCUT2D eigenvalue weighted by Crippen LogP contribution is -3.08. The first kappa shape index (κ1) is 22.2. The fourth-order valence-electron chi connectivity index (χ4n) is 3.66. The van der Waals surface area contributed by atoms with Crippen molar-refractivity contribution in [3.05, 3.63) is 64.9 Å². The minimum Gasteiger partial charge on any atom is -0.462 e. The largest absolute Gasteiger partial charge is 0.462 e. The number of likely N-dealkylation sites (N-methyl/N-ethyl adjacent to an activating group) is 1. The third kappa shape index (κ3) is 5.19. The predicted molar refractivity (Wildman–Crippen MR) is 117 cm³/mol. The molecule has 0 bridgehead atoms. The van der Waals surface area contributed by atoms with E-state index in [4.69, 9.17) is 9.15 Å². The van der Waals surface area contributed by atoms with E-state index in [0.29, 0.717) is 6.54 Å². The van der Waals surface area contributed by atoms with Crippen LogP contribution in [0.4, 0.5) is 5.88 Å². The van der Waals surface area contributed by atoms with Crippen LogP contribution in [0.5, 0.6) is 0 Å². The number of Topliss-reactive ketones (excluding diaryl/α,β-unsaturated/α-hetero) is 1. The van der Waals surface area contributed by atoms with Crippen molar-refractivity contribution < 1.29 is 28.4 Å². The monoisotopic (exact) mass is 423 g/mol. The van der Waals surface area contributed by atoms with Gasteiger partial charge in [0, 0.05) is 5.56 Å². The Bertz CT molecular complexity index is 1130. The smallest absolute Gasteiger partial charge is 0.344 e. The maximum atomic E-state index is 12.6. The lowest BCUT2D eigenvalue weighted by Gasteiger charge is -2.14. The van der Waals surface area contributed by atoms with Gasteiger partial charge in [-0.1, -0.05) is 36.4 Å². The van der Waals surface area contributed by atoms with Crippen LogP contribution in [-0.4, -0.2) is 37.9 Å². The normalized spacial score (nSPS) is 11.9. The van der Waals surface area contributed by atoms with E-state index in [9.17, 15) is 14.4 Å². The summed E-state index contributed by atoms with van der Waals surface area (Å²) in [5.41, 5.74) is 1.21. The second-order valence-corrected chi connectivity index (χ2v) is 7.55. The number of hydrogen-bond donors (Lipinski definition) is 2. The number of amides is 1. The van der Waals surface area contributed by atoms with Crippen molar-refractivity contribution in [3.63, 3.8) is 0 Å². The third-order valence-electron chi connectivity index (χ3n) is 4.95. The summed E-state index contributed by atoms with van der Waals surface area (Å²) >= 11 is 0. The van der Waals surface area contributed by atoms with E-state index in [1.54, 1.807) is 13.8 Å². The summed E-state index contributed by atoms with van der Waals surface area (Å²) in [6.45, 7) is 5.54. The fraction of sp³-hybridized carbons (Fsp3) is 0.292. The summed E-state index contributed by atoms with van der Waals surface area (Å²) in [6, 6.07) is 14.4. The molecule has 0 radical (unpaired) electrons. The molecule has 1 atom stereocenters. The van der Waals surface area contributed by atoms with Crippen LogP contribution in [0.25, 0.3) is 10.8 Å². The maximum Gasteiger partial charge on any atom is 0.344 e. The molecule has 0 aliphatic rings. The number of fused-ring (bicyclic) bond motifs is 1. The van der Waals surface area contributed by atoms with E-state index in [1.165, 1.54) is 12.3 Å². The molecule has 2 aromatic carbocycles. The standard InChI is InChI=1S/C24H26N2O5/c1-5-30-24(29)22-21(15(2)27)16(3)31-23(22)25-20(28)14-26(4)13-17-10-11-18-8-6-7-9-19(18)12-17/h6-12H,5,13-14H2,1-4H3,(H,25,28)/p+1. The molecule has 0 fully saturated rings. The number of ether oxygens (including phenoxy) is 1. The Morgan fingerprint density at radius 1 is 1.06 bits per heavy atom. The Morgan fingerprint density at radius 3 is 2.45 bits per heavy atom. The SMILES string of the molecule is CCOC(=O)c1c(NC(=O)C[NH+](C)Cc2ccc3ccccc3c2)oc(C)c1C(C)=O. The molecule has 1 amide bonds. The summed E-state index contributed by atoms with van der Waals surface area (Å²) in [6.07, 6.45) is 0. The van der Waals surface area contributed by atoms with Crippen LogP contribution in [0.2, 0.25) is 0 Å². The van der Waals surface area contributed by atoms with Crippen LogP contribution in [0.3, 0.4) is 0 Å². The topological polar surface area (TPSA) is 90.0 Å². The lowest BCUT2D eigenvalue weighted by atomic mass is 10.1. The number of aryl methyl sites for hydroxylation is 1. The zero-order valence-corrected chi connectivity index (χ0v) is 18.2. The van der Waals surface area contributed by atoms with Crippen molar-refractivity contribution in [2.24, 2.45) is 0 Å². The third-order valence-corrected chi connectivity index (χ3v) is 4.95. The highest BCUT2D eigenvalue weighted by atomic mass is 16.5. The van der Waals surface area contributed by atoms with Crippen molar-refractivity contribution in [2.75, 3.05) is 25.5 Å². The Labute approximate surface area is 181 Å². The van der Waals surface area contributed by atoms with Crippen LogP contribution in [-0.2, 0) is 16.1 Å². The number of nitrogens with one attached hydrogen (secondary N) is 2. The van der Waals surface area contributed by atoms with Gasteiger partial charge in [-0.05, 0) is 37.6 Å². The molecule has 0 spiro atoms. The number of hydrogen-bond acceptors (Lipinski definition) is 5. The summed E-state index contributed by atoms with van der Waals surface area (Å²) in [4.78, 5) is 37.9. The Hall–Kier alpha value is -3.45. The highest BCUT2D eigenvalue weighted by Crippen LogP contribution is 2.28. The van der Waals surface area contributed by atoms with Gasteiger partial charge in [-0.3, -0.25) is 14.9 Å². The average molecular weight is 423 g/mol. The number of anilines is 1. The molecule has 0 saturated carbocycles. The van der Waals surface area contributed by atoms with E-state index in [2.05, 4.69) is 35.6 Å². The number of ketones is 1. The molecule has 1 heterocycles. The van der Waals surface area contributed by atoms with Crippen LogP contribution in [0.1, 0.15) is 45.9 Å². The maximum absolute atomic E-state index is 12.6. The highest BCUT2D eigenvalue weighted by molar-refractivity contribution is 6.10. The van der Waals surface area contributed by atoms with E-state index in [-0.39, 0.29) is 47.6 Å². The van der Waals surface area contributed by atoms with Gasteiger partial charge in [-0.2, -0.15) is 0 Å². The van der Waals surface area contributed by atoms with Crippen LogP contribution in [0, 0.1) is 6.92 Å². The summed E-state index contributed by atoms with van der Waals surface area (Å²) < 4.78 is 10.6. The molecule has 7 heteroatoms. The molecule has 0 aliphatic carbocycles. The summed E-state index contributed by atoms with van der Waals surface area (Å²) in [5.74, 6) is -1.14. The van der Waals surface area contributed by atoms with Crippen molar-refractivity contribution in [1.29, 1.82) is 0 Å². The number of esters is 1. The van der Waals surface area contributed by atoms with E-state index < -0.39 is 5.97 Å². The van der Waals surface area contributed by atoms with Gasteiger partial charge in [-0.25, -0.2) is 4.79 Å². The van der Waals surface area contributed by atoms with Gasteiger partial charge in [0.2, 0.25) is 5.88 Å². The van der Waals surface area contributed by atoms with Gasteiger partial charge in [0.15, 0.2) is 12.3 Å². The van der Waals surface area contributed by atoms with Gasteiger partial charge in [0.05, 0.1) is 19.2 Å². The molecule has 31 heavy (non-hydrogen) atoms.